The first kappa shape index (κ1) is 12.1. The van der Waals surface area contributed by atoms with Gasteiger partial charge in [-0.05, 0) is 25.8 Å². The predicted molar refractivity (Wildman–Crippen MR) is 64.6 cm³/mol. The van der Waals surface area contributed by atoms with Crippen LogP contribution in [0.25, 0.3) is 0 Å². The summed E-state index contributed by atoms with van der Waals surface area (Å²) in [5, 5.41) is 9.86. The van der Waals surface area contributed by atoms with Crippen LogP contribution in [0.4, 0.5) is 5.82 Å². The van der Waals surface area contributed by atoms with Crippen molar-refractivity contribution >= 4 is 11.7 Å². The summed E-state index contributed by atoms with van der Waals surface area (Å²) in [5.74, 6) is 0.552. The first-order chi connectivity index (χ1) is 8.27. The van der Waals surface area contributed by atoms with E-state index in [1.54, 1.807) is 6.07 Å². The van der Waals surface area contributed by atoms with Crippen molar-refractivity contribution in [1.82, 2.24) is 10.5 Å². The number of nitrogens with zero attached hydrogens (tertiary/aromatic N) is 1. The van der Waals surface area contributed by atoms with Gasteiger partial charge in [0.15, 0.2) is 5.82 Å². The molecule has 1 unspecified atom stereocenters. The maximum absolute atomic E-state index is 12.3. The van der Waals surface area contributed by atoms with Crippen LogP contribution in [-0.2, 0) is 4.79 Å². The Morgan fingerprint density at radius 1 is 1.71 bits per heavy atom. The fourth-order valence-corrected chi connectivity index (χ4v) is 2.49. The summed E-state index contributed by atoms with van der Waals surface area (Å²) in [6, 6.07) is 1.66. The third kappa shape index (κ3) is 2.66. The highest BCUT2D eigenvalue weighted by Gasteiger charge is 2.38. The Hall–Kier alpha value is -1.36. The second-order valence-electron chi connectivity index (χ2n) is 4.65. The molecule has 0 saturated carbocycles. The smallest absolute Gasteiger partial charge is 0.233 e. The molecule has 1 saturated heterocycles. The highest BCUT2D eigenvalue weighted by Crippen LogP contribution is 2.32. The van der Waals surface area contributed by atoms with E-state index in [0.29, 0.717) is 5.82 Å². The molecule has 0 radical (unpaired) electrons. The molecule has 17 heavy (non-hydrogen) atoms. The second kappa shape index (κ2) is 5.31. The fourth-order valence-electron chi connectivity index (χ4n) is 2.49. The Balaban J connectivity index is 2.06. The van der Waals surface area contributed by atoms with Gasteiger partial charge in [0.05, 0.1) is 5.41 Å². The minimum absolute atomic E-state index is 0.0560. The summed E-state index contributed by atoms with van der Waals surface area (Å²) >= 11 is 0. The Labute approximate surface area is 101 Å². The largest absolute Gasteiger partial charge is 0.363 e. The summed E-state index contributed by atoms with van der Waals surface area (Å²) in [6.07, 6.45) is 5.36. The number of hydrogen-bond acceptors (Lipinski definition) is 4. The van der Waals surface area contributed by atoms with Gasteiger partial charge in [-0.2, -0.15) is 0 Å². The van der Waals surface area contributed by atoms with Crippen LogP contribution in [0.3, 0.4) is 0 Å². The van der Waals surface area contributed by atoms with Crippen molar-refractivity contribution in [1.29, 1.82) is 0 Å². The number of piperidine rings is 1. The van der Waals surface area contributed by atoms with Gasteiger partial charge in [-0.3, -0.25) is 4.79 Å². The van der Waals surface area contributed by atoms with Gasteiger partial charge in [0, 0.05) is 12.6 Å². The summed E-state index contributed by atoms with van der Waals surface area (Å²) in [5.41, 5.74) is -0.286. The normalized spacial score (nSPS) is 24.5. The SMILES string of the molecule is CCCC1(C(=O)Nc2ccon2)CCCNC1. The van der Waals surface area contributed by atoms with Crippen LogP contribution in [0.5, 0.6) is 0 Å². The number of carbonyl (C=O) groups is 1. The van der Waals surface area contributed by atoms with Crippen LogP contribution in [-0.4, -0.2) is 24.2 Å². The quantitative estimate of drug-likeness (QED) is 0.837. The van der Waals surface area contributed by atoms with Crippen LogP contribution in [0, 0.1) is 5.41 Å². The van der Waals surface area contributed by atoms with Gasteiger partial charge < -0.3 is 15.2 Å². The summed E-state index contributed by atoms with van der Waals surface area (Å²) in [6.45, 7) is 3.87. The van der Waals surface area contributed by atoms with E-state index in [0.717, 1.165) is 38.8 Å². The van der Waals surface area contributed by atoms with E-state index in [1.165, 1.54) is 6.26 Å². The zero-order valence-electron chi connectivity index (χ0n) is 10.2. The highest BCUT2D eigenvalue weighted by atomic mass is 16.5. The molecule has 2 N–H and O–H groups in total. The van der Waals surface area contributed by atoms with E-state index in [4.69, 9.17) is 4.52 Å². The van der Waals surface area contributed by atoms with E-state index in [9.17, 15) is 4.79 Å². The van der Waals surface area contributed by atoms with Crippen molar-refractivity contribution in [3.63, 3.8) is 0 Å². The molecule has 5 heteroatoms. The lowest BCUT2D eigenvalue weighted by Crippen LogP contribution is -2.48. The average Bonchev–Trinajstić information content (AvgIpc) is 2.83. The number of carbonyl (C=O) groups excluding carboxylic acids is 1. The number of rotatable bonds is 4. The Kier molecular flexibility index (Phi) is 3.78. The van der Waals surface area contributed by atoms with Crippen LogP contribution in [0.1, 0.15) is 32.6 Å². The van der Waals surface area contributed by atoms with Gasteiger partial charge in [-0.1, -0.05) is 18.5 Å². The zero-order valence-corrected chi connectivity index (χ0v) is 10.2. The molecule has 1 amide bonds. The number of hydrogen-bond donors (Lipinski definition) is 2. The first-order valence-corrected chi connectivity index (χ1v) is 6.19. The number of nitrogens with one attached hydrogen (secondary N) is 2. The minimum Gasteiger partial charge on any atom is -0.363 e. The van der Waals surface area contributed by atoms with Crippen molar-refractivity contribution in [2.45, 2.75) is 32.6 Å². The Morgan fingerprint density at radius 2 is 2.59 bits per heavy atom. The number of amides is 1. The van der Waals surface area contributed by atoms with Crippen molar-refractivity contribution in [2.24, 2.45) is 5.41 Å². The lowest BCUT2D eigenvalue weighted by atomic mass is 9.76. The monoisotopic (exact) mass is 237 g/mol. The molecular weight excluding hydrogens is 218 g/mol. The van der Waals surface area contributed by atoms with Crippen molar-refractivity contribution < 1.29 is 9.32 Å². The molecule has 1 aliphatic heterocycles. The predicted octanol–water partition coefficient (Wildman–Crippen LogP) is 1.78. The van der Waals surface area contributed by atoms with Gasteiger partial charge in [-0.25, -0.2) is 0 Å². The van der Waals surface area contributed by atoms with Gasteiger partial charge in [0.1, 0.15) is 6.26 Å². The molecule has 0 bridgehead atoms. The topological polar surface area (TPSA) is 67.2 Å². The molecule has 2 rings (SSSR count). The summed E-state index contributed by atoms with van der Waals surface area (Å²) < 4.78 is 4.72. The van der Waals surface area contributed by atoms with Crippen LogP contribution in [0.2, 0.25) is 0 Å². The molecule has 94 valence electrons. The average molecular weight is 237 g/mol. The minimum atomic E-state index is -0.286. The highest BCUT2D eigenvalue weighted by molar-refractivity contribution is 5.94. The Morgan fingerprint density at radius 3 is 3.18 bits per heavy atom. The van der Waals surface area contributed by atoms with E-state index >= 15 is 0 Å². The third-order valence-corrected chi connectivity index (χ3v) is 3.36. The van der Waals surface area contributed by atoms with Gasteiger partial charge in [0.2, 0.25) is 5.91 Å². The maximum Gasteiger partial charge on any atom is 0.233 e. The molecule has 1 aromatic rings. The summed E-state index contributed by atoms with van der Waals surface area (Å²) in [4.78, 5) is 12.3. The van der Waals surface area contributed by atoms with E-state index < -0.39 is 0 Å². The lowest BCUT2D eigenvalue weighted by Gasteiger charge is -2.35. The zero-order chi connectivity index (χ0) is 12.1. The maximum atomic E-state index is 12.3. The first-order valence-electron chi connectivity index (χ1n) is 6.19. The van der Waals surface area contributed by atoms with E-state index in [2.05, 4.69) is 22.7 Å². The molecule has 0 aromatic carbocycles. The van der Waals surface area contributed by atoms with E-state index in [1.807, 2.05) is 0 Å². The molecule has 1 aliphatic rings. The molecule has 1 fully saturated rings. The Bertz CT molecular complexity index is 350. The second-order valence-corrected chi connectivity index (χ2v) is 4.65. The van der Waals surface area contributed by atoms with Gasteiger partial charge >= 0.3 is 0 Å². The molecule has 0 aliphatic carbocycles. The van der Waals surface area contributed by atoms with Crippen molar-refractivity contribution in [3.05, 3.63) is 12.3 Å². The number of anilines is 1. The van der Waals surface area contributed by atoms with Crippen LogP contribution in [0.15, 0.2) is 16.9 Å². The van der Waals surface area contributed by atoms with Crippen molar-refractivity contribution in [3.8, 4) is 0 Å². The van der Waals surface area contributed by atoms with E-state index in [-0.39, 0.29) is 11.3 Å². The number of aromatic nitrogens is 1. The molecule has 0 spiro atoms. The van der Waals surface area contributed by atoms with Crippen LogP contribution < -0.4 is 10.6 Å². The molecule has 2 heterocycles. The molecule has 1 atom stereocenters. The lowest BCUT2D eigenvalue weighted by molar-refractivity contribution is -0.127. The van der Waals surface area contributed by atoms with Crippen molar-refractivity contribution in [2.75, 3.05) is 18.4 Å². The standard InChI is InChI=1S/C12H19N3O2/c1-2-5-12(6-3-7-13-9-12)11(16)14-10-4-8-17-15-10/h4,8,13H,2-3,5-7,9H2,1H3,(H,14,15,16). The summed E-state index contributed by atoms with van der Waals surface area (Å²) in [7, 11) is 0. The molecule has 5 nitrogen and oxygen atoms in total. The fraction of sp³-hybridized carbons (Fsp3) is 0.667. The molecular formula is C12H19N3O2. The van der Waals surface area contributed by atoms with Gasteiger partial charge in [-0.15, -0.1) is 0 Å². The molecule has 1 aromatic heterocycles. The van der Waals surface area contributed by atoms with Gasteiger partial charge in [0.25, 0.3) is 0 Å². The third-order valence-electron chi connectivity index (χ3n) is 3.36. The van der Waals surface area contributed by atoms with Crippen LogP contribution >= 0.6 is 0 Å².